The lowest BCUT2D eigenvalue weighted by Gasteiger charge is -2.14. The molecule has 24 heavy (non-hydrogen) atoms. The summed E-state index contributed by atoms with van der Waals surface area (Å²) in [6.07, 6.45) is 0.897. The van der Waals surface area contributed by atoms with E-state index in [0.29, 0.717) is 10.8 Å². The molecule has 0 bridgehead atoms. The minimum Gasteiger partial charge on any atom is -0.352 e. The molecule has 1 aromatic heterocycles. The Morgan fingerprint density at radius 3 is 2.67 bits per heavy atom. The Balaban J connectivity index is 2.06. The number of imidazole rings is 1. The topological polar surface area (TPSA) is 46.9 Å². The van der Waals surface area contributed by atoms with Crippen molar-refractivity contribution in [1.29, 1.82) is 0 Å². The molecule has 3 aromatic rings. The summed E-state index contributed by atoms with van der Waals surface area (Å²) in [5.74, 6) is 0.682. The van der Waals surface area contributed by atoms with E-state index in [1.54, 1.807) is 0 Å². The van der Waals surface area contributed by atoms with Crippen molar-refractivity contribution in [2.75, 3.05) is 0 Å². The Morgan fingerprint density at radius 2 is 1.92 bits per heavy atom. The van der Waals surface area contributed by atoms with Crippen LogP contribution in [0.4, 0.5) is 0 Å². The van der Waals surface area contributed by atoms with Crippen molar-refractivity contribution in [3.63, 3.8) is 0 Å². The predicted octanol–water partition coefficient (Wildman–Crippen LogP) is 4.27. The Hall–Kier alpha value is -2.33. The normalized spacial score (nSPS) is 12.3. The minimum absolute atomic E-state index is 0.0270. The van der Waals surface area contributed by atoms with Gasteiger partial charge >= 0.3 is 0 Å². The van der Waals surface area contributed by atoms with Gasteiger partial charge in [0.15, 0.2) is 0 Å². The van der Waals surface area contributed by atoms with Crippen molar-refractivity contribution in [2.24, 2.45) is 0 Å². The van der Waals surface area contributed by atoms with Crippen LogP contribution in [0.25, 0.3) is 22.4 Å². The first-order valence-electron chi connectivity index (χ1n) is 8.09. The molecule has 2 aromatic carbocycles. The number of aromatic nitrogens is 2. The second-order valence-corrected chi connectivity index (χ2v) is 6.27. The number of hydrogen-bond donors (Lipinski definition) is 1. The first kappa shape index (κ1) is 16.5. The van der Waals surface area contributed by atoms with Gasteiger partial charge in [-0.3, -0.25) is 4.79 Å². The molecular formula is C19H20ClN3O. The van der Waals surface area contributed by atoms with E-state index in [2.05, 4.69) is 5.32 Å². The predicted molar refractivity (Wildman–Crippen MR) is 98.1 cm³/mol. The van der Waals surface area contributed by atoms with E-state index >= 15 is 0 Å². The largest absolute Gasteiger partial charge is 0.352 e. The van der Waals surface area contributed by atoms with E-state index in [0.717, 1.165) is 23.0 Å². The standard InChI is InChI=1S/C19H20ClN3O/c1-3-13(2)21-18(24)12-23-17-11-7-6-10-16(17)22-19(23)14-8-4-5-9-15(14)20/h4-11,13H,3,12H2,1-2H3,(H,21,24). The van der Waals surface area contributed by atoms with Crippen LogP contribution in [-0.2, 0) is 11.3 Å². The van der Waals surface area contributed by atoms with Crippen molar-refractivity contribution in [3.8, 4) is 11.4 Å². The van der Waals surface area contributed by atoms with Gasteiger partial charge in [0.1, 0.15) is 12.4 Å². The zero-order valence-corrected chi connectivity index (χ0v) is 14.5. The second-order valence-electron chi connectivity index (χ2n) is 5.87. The molecule has 0 aliphatic heterocycles. The molecule has 124 valence electrons. The lowest BCUT2D eigenvalue weighted by molar-refractivity contribution is -0.122. The number of halogens is 1. The summed E-state index contributed by atoms with van der Waals surface area (Å²) in [5, 5.41) is 3.63. The molecule has 1 heterocycles. The van der Waals surface area contributed by atoms with Crippen LogP contribution in [0.5, 0.6) is 0 Å². The van der Waals surface area contributed by atoms with Gasteiger partial charge in [0.05, 0.1) is 16.1 Å². The van der Waals surface area contributed by atoms with Crippen LogP contribution in [0, 0.1) is 0 Å². The van der Waals surface area contributed by atoms with Gasteiger partial charge in [0.2, 0.25) is 5.91 Å². The van der Waals surface area contributed by atoms with Crippen molar-refractivity contribution < 1.29 is 4.79 Å². The third-order valence-corrected chi connectivity index (χ3v) is 4.42. The molecule has 0 fully saturated rings. The third kappa shape index (κ3) is 3.29. The summed E-state index contributed by atoms with van der Waals surface area (Å²) in [7, 11) is 0. The Kier molecular flexibility index (Phi) is 4.86. The van der Waals surface area contributed by atoms with Gasteiger partial charge in [-0.1, -0.05) is 42.8 Å². The van der Waals surface area contributed by atoms with E-state index in [1.165, 1.54) is 0 Å². The molecule has 1 N–H and O–H groups in total. The number of carbonyl (C=O) groups is 1. The van der Waals surface area contributed by atoms with Gasteiger partial charge in [-0.25, -0.2) is 4.98 Å². The van der Waals surface area contributed by atoms with E-state index in [9.17, 15) is 4.79 Å². The van der Waals surface area contributed by atoms with Crippen LogP contribution >= 0.6 is 11.6 Å². The number of carbonyl (C=O) groups excluding carboxylic acids is 1. The maximum Gasteiger partial charge on any atom is 0.240 e. The highest BCUT2D eigenvalue weighted by Gasteiger charge is 2.17. The van der Waals surface area contributed by atoms with E-state index < -0.39 is 0 Å². The molecule has 5 heteroatoms. The highest BCUT2D eigenvalue weighted by Crippen LogP contribution is 2.30. The summed E-state index contributed by atoms with van der Waals surface area (Å²) in [4.78, 5) is 17.1. The number of amides is 1. The molecule has 1 atom stereocenters. The lowest BCUT2D eigenvalue weighted by atomic mass is 10.2. The third-order valence-electron chi connectivity index (χ3n) is 4.09. The van der Waals surface area contributed by atoms with E-state index in [4.69, 9.17) is 16.6 Å². The van der Waals surface area contributed by atoms with E-state index in [1.807, 2.05) is 66.9 Å². The Morgan fingerprint density at radius 1 is 1.21 bits per heavy atom. The fourth-order valence-corrected chi connectivity index (χ4v) is 2.87. The number of hydrogen-bond acceptors (Lipinski definition) is 2. The zero-order chi connectivity index (χ0) is 17.1. The minimum atomic E-state index is -0.0270. The van der Waals surface area contributed by atoms with Gasteiger partial charge in [0, 0.05) is 11.6 Å². The molecule has 1 amide bonds. The molecule has 1 unspecified atom stereocenters. The number of nitrogens with zero attached hydrogens (tertiary/aromatic N) is 2. The smallest absolute Gasteiger partial charge is 0.240 e. The average Bonchev–Trinajstić information content (AvgIpc) is 2.93. The fraction of sp³-hybridized carbons (Fsp3) is 0.263. The molecule has 0 saturated carbocycles. The molecule has 0 saturated heterocycles. The summed E-state index contributed by atoms with van der Waals surface area (Å²) >= 11 is 6.35. The maximum absolute atomic E-state index is 12.4. The summed E-state index contributed by atoms with van der Waals surface area (Å²) in [5.41, 5.74) is 2.60. The fourth-order valence-electron chi connectivity index (χ4n) is 2.65. The van der Waals surface area contributed by atoms with Crippen LogP contribution in [0.1, 0.15) is 20.3 Å². The summed E-state index contributed by atoms with van der Waals surface area (Å²) in [6.45, 7) is 4.26. The molecule has 4 nitrogen and oxygen atoms in total. The molecule has 3 rings (SSSR count). The summed E-state index contributed by atoms with van der Waals surface area (Å²) in [6, 6.07) is 15.5. The van der Waals surface area contributed by atoms with Crippen molar-refractivity contribution in [2.45, 2.75) is 32.9 Å². The first-order valence-corrected chi connectivity index (χ1v) is 8.47. The zero-order valence-electron chi connectivity index (χ0n) is 13.8. The lowest BCUT2D eigenvalue weighted by Crippen LogP contribution is -2.34. The number of benzene rings is 2. The van der Waals surface area contributed by atoms with Crippen molar-refractivity contribution in [1.82, 2.24) is 14.9 Å². The van der Waals surface area contributed by atoms with E-state index in [-0.39, 0.29) is 18.5 Å². The number of para-hydroxylation sites is 2. The highest BCUT2D eigenvalue weighted by molar-refractivity contribution is 6.33. The molecule has 0 aliphatic rings. The average molecular weight is 342 g/mol. The monoisotopic (exact) mass is 341 g/mol. The first-order chi connectivity index (χ1) is 11.6. The number of nitrogens with one attached hydrogen (secondary N) is 1. The van der Waals surface area contributed by atoms with Gasteiger partial charge in [-0.15, -0.1) is 0 Å². The van der Waals surface area contributed by atoms with Crippen LogP contribution in [0.2, 0.25) is 5.02 Å². The quantitative estimate of drug-likeness (QED) is 0.753. The molecule has 0 aliphatic carbocycles. The Bertz CT molecular complexity index is 872. The second kappa shape index (κ2) is 7.05. The number of fused-ring (bicyclic) bond motifs is 1. The van der Waals surface area contributed by atoms with Crippen LogP contribution in [0.15, 0.2) is 48.5 Å². The summed E-state index contributed by atoms with van der Waals surface area (Å²) < 4.78 is 1.92. The van der Waals surface area contributed by atoms with Crippen LogP contribution < -0.4 is 5.32 Å². The highest BCUT2D eigenvalue weighted by atomic mass is 35.5. The van der Waals surface area contributed by atoms with Crippen LogP contribution in [0.3, 0.4) is 0 Å². The van der Waals surface area contributed by atoms with Gasteiger partial charge < -0.3 is 9.88 Å². The Labute approximate surface area is 146 Å². The molecular weight excluding hydrogens is 322 g/mol. The SMILES string of the molecule is CCC(C)NC(=O)Cn1c(-c2ccccc2Cl)nc2ccccc21. The van der Waals surface area contributed by atoms with Gasteiger partial charge in [-0.2, -0.15) is 0 Å². The van der Waals surface area contributed by atoms with Crippen LogP contribution in [-0.4, -0.2) is 21.5 Å². The van der Waals surface area contributed by atoms with Gasteiger partial charge in [0.25, 0.3) is 0 Å². The van der Waals surface area contributed by atoms with Crippen molar-refractivity contribution in [3.05, 3.63) is 53.6 Å². The molecule has 0 radical (unpaired) electrons. The van der Waals surface area contributed by atoms with Gasteiger partial charge in [-0.05, 0) is 37.6 Å². The molecule has 0 spiro atoms. The maximum atomic E-state index is 12.4. The number of rotatable bonds is 5. The van der Waals surface area contributed by atoms with Crippen molar-refractivity contribution >= 4 is 28.5 Å².